The first-order valence-electron chi connectivity index (χ1n) is 4.39. The Labute approximate surface area is 78.6 Å². The van der Waals surface area contributed by atoms with Gasteiger partial charge in [-0.2, -0.15) is 0 Å². The Bertz CT molecular complexity index is 246. The first kappa shape index (κ1) is 10.2. The molecule has 0 radical (unpaired) electrons. The number of nitrogens with zero attached hydrogens (tertiary/aromatic N) is 1. The van der Waals surface area contributed by atoms with Gasteiger partial charge in [-0.05, 0) is 6.42 Å². The summed E-state index contributed by atoms with van der Waals surface area (Å²) in [5.41, 5.74) is 0. The topological polar surface area (TPSA) is 57.6 Å². The zero-order valence-electron chi connectivity index (χ0n) is 8.20. The van der Waals surface area contributed by atoms with Crippen LogP contribution in [0.2, 0.25) is 19.6 Å². The van der Waals surface area contributed by atoms with Gasteiger partial charge >= 0.3 is 5.97 Å². The van der Waals surface area contributed by atoms with Crippen LogP contribution in [0.15, 0.2) is 0 Å². The number of aliphatic carboxylic acids is 1. The van der Waals surface area contributed by atoms with Crippen molar-refractivity contribution in [1.29, 1.82) is 0 Å². The van der Waals surface area contributed by atoms with Gasteiger partial charge in [-0.25, -0.2) is 0 Å². The molecular weight excluding hydrogens is 186 g/mol. The fourth-order valence-corrected chi connectivity index (χ4v) is 3.79. The van der Waals surface area contributed by atoms with Crippen molar-refractivity contribution < 1.29 is 14.7 Å². The van der Waals surface area contributed by atoms with Gasteiger partial charge in [0, 0.05) is 6.42 Å². The van der Waals surface area contributed by atoms with Crippen LogP contribution in [0.5, 0.6) is 0 Å². The average molecular weight is 201 g/mol. The third-order valence-corrected chi connectivity index (χ3v) is 4.23. The van der Waals surface area contributed by atoms with Crippen molar-refractivity contribution in [3.8, 4) is 0 Å². The second-order valence-corrected chi connectivity index (χ2v) is 9.15. The molecule has 0 spiro atoms. The maximum atomic E-state index is 11.4. The number of carbonyl (C=O) groups excluding carboxylic acids is 1. The van der Waals surface area contributed by atoms with Gasteiger partial charge in [0.2, 0.25) is 5.91 Å². The van der Waals surface area contributed by atoms with Crippen LogP contribution in [-0.4, -0.2) is 35.8 Å². The van der Waals surface area contributed by atoms with E-state index in [1.807, 2.05) is 19.6 Å². The highest BCUT2D eigenvalue weighted by molar-refractivity contribution is 6.75. The molecule has 13 heavy (non-hydrogen) atoms. The van der Waals surface area contributed by atoms with Crippen molar-refractivity contribution in [1.82, 2.24) is 4.57 Å². The molecule has 5 heteroatoms. The molecule has 74 valence electrons. The summed E-state index contributed by atoms with van der Waals surface area (Å²) in [4.78, 5) is 22.3. The second-order valence-electron chi connectivity index (χ2n) is 4.33. The van der Waals surface area contributed by atoms with E-state index in [0.29, 0.717) is 12.8 Å². The molecule has 1 aliphatic heterocycles. The molecule has 1 rings (SSSR count). The number of rotatable bonds is 2. The maximum absolute atomic E-state index is 11.4. The molecule has 1 aliphatic rings. The van der Waals surface area contributed by atoms with Crippen LogP contribution < -0.4 is 0 Å². The first-order chi connectivity index (χ1) is 5.84. The molecule has 0 unspecified atom stereocenters. The molecular formula is C8H15NO3Si. The third-order valence-electron chi connectivity index (χ3n) is 2.22. The lowest BCUT2D eigenvalue weighted by molar-refractivity contribution is -0.143. The molecule has 0 aromatic heterocycles. The highest BCUT2D eigenvalue weighted by atomic mass is 28.3. The molecule has 4 nitrogen and oxygen atoms in total. The molecule has 1 fully saturated rings. The van der Waals surface area contributed by atoms with Gasteiger partial charge in [0.15, 0.2) is 8.24 Å². The van der Waals surface area contributed by atoms with Crippen molar-refractivity contribution >= 4 is 20.1 Å². The van der Waals surface area contributed by atoms with Gasteiger partial charge in [0.1, 0.15) is 6.04 Å². The SMILES string of the molecule is C[Si](C)(C)N1C(=O)CC[C@H]1C(=O)O. The van der Waals surface area contributed by atoms with Gasteiger partial charge in [-0.15, -0.1) is 0 Å². The number of hydrogen-bond donors (Lipinski definition) is 1. The number of hydrogen-bond acceptors (Lipinski definition) is 2. The summed E-state index contributed by atoms with van der Waals surface area (Å²) >= 11 is 0. The lowest BCUT2D eigenvalue weighted by Gasteiger charge is -2.33. The second kappa shape index (κ2) is 3.14. The maximum Gasteiger partial charge on any atom is 0.325 e. The van der Waals surface area contributed by atoms with Crippen LogP contribution in [0.4, 0.5) is 0 Å². The highest BCUT2D eigenvalue weighted by Gasteiger charge is 2.42. The summed E-state index contributed by atoms with van der Waals surface area (Å²) in [6.45, 7) is 5.98. The highest BCUT2D eigenvalue weighted by Crippen LogP contribution is 2.25. The molecule has 1 N–H and O–H groups in total. The van der Waals surface area contributed by atoms with E-state index in [4.69, 9.17) is 5.11 Å². The van der Waals surface area contributed by atoms with Crippen molar-refractivity contribution in [2.45, 2.75) is 38.5 Å². The van der Waals surface area contributed by atoms with Gasteiger partial charge in [0.25, 0.3) is 0 Å². The lowest BCUT2D eigenvalue weighted by atomic mass is 10.2. The molecule has 1 amide bonds. The van der Waals surface area contributed by atoms with E-state index in [1.165, 1.54) is 0 Å². The summed E-state index contributed by atoms with van der Waals surface area (Å²) in [6.07, 6.45) is 0.861. The molecule has 0 aliphatic carbocycles. The molecule has 0 aromatic carbocycles. The van der Waals surface area contributed by atoms with Crippen LogP contribution in [-0.2, 0) is 9.59 Å². The van der Waals surface area contributed by atoms with Crippen LogP contribution in [0.3, 0.4) is 0 Å². The molecule has 1 saturated heterocycles. The van der Waals surface area contributed by atoms with Crippen LogP contribution in [0, 0.1) is 0 Å². The lowest BCUT2D eigenvalue weighted by Crippen LogP contribution is -2.53. The monoisotopic (exact) mass is 201 g/mol. The van der Waals surface area contributed by atoms with E-state index < -0.39 is 20.2 Å². The van der Waals surface area contributed by atoms with Gasteiger partial charge < -0.3 is 9.67 Å². The Morgan fingerprint density at radius 3 is 2.38 bits per heavy atom. The fraction of sp³-hybridized carbons (Fsp3) is 0.750. The Hall–Kier alpha value is -0.843. The van der Waals surface area contributed by atoms with E-state index >= 15 is 0 Å². The van der Waals surface area contributed by atoms with Gasteiger partial charge in [-0.1, -0.05) is 19.6 Å². The number of carboxylic acid groups (broad SMARTS) is 1. The first-order valence-corrected chi connectivity index (χ1v) is 7.83. The standard InChI is InChI=1S/C8H15NO3Si/c1-13(2,3)9-6(8(11)12)4-5-7(9)10/h6H,4-5H2,1-3H3,(H,11,12)/t6-/m0/s1. The fourth-order valence-electron chi connectivity index (χ4n) is 1.76. The quantitative estimate of drug-likeness (QED) is 0.675. The summed E-state index contributed by atoms with van der Waals surface area (Å²) in [5.74, 6) is -0.861. The van der Waals surface area contributed by atoms with E-state index in [1.54, 1.807) is 4.57 Å². The van der Waals surface area contributed by atoms with Crippen LogP contribution in [0.1, 0.15) is 12.8 Å². The smallest absolute Gasteiger partial charge is 0.325 e. The van der Waals surface area contributed by atoms with Crippen LogP contribution >= 0.6 is 0 Å². The van der Waals surface area contributed by atoms with Gasteiger partial charge in [0.05, 0.1) is 0 Å². The average Bonchev–Trinajstić information content (AvgIpc) is 2.28. The van der Waals surface area contributed by atoms with E-state index in [-0.39, 0.29) is 5.91 Å². The Morgan fingerprint density at radius 2 is 2.08 bits per heavy atom. The third kappa shape index (κ3) is 1.91. The summed E-state index contributed by atoms with van der Waals surface area (Å²) in [6, 6.07) is -0.570. The minimum absolute atomic E-state index is 0.00608. The van der Waals surface area contributed by atoms with E-state index in [9.17, 15) is 9.59 Å². The molecule has 0 saturated carbocycles. The van der Waals surface area contributed by atoms with E-state index in [2.05, 4.69) is 0 Å². The largest absolute Gasteiger partial charge is 0.480 e. The van der Waals surface area contributed by atoms with Crippen LogP contribution in [0.25, 0.3) is 0 Å². The summed E-state index contributed by atoms with van der Waals surface area (Å²) in [5, 5.41) is 8.89. The van der Waals surface area contributed by atoms with Crippen molar-refractivity contribution in [2.75, 3.05) is 0 Å². The van der Waals surface area contributed by atoms with Crippen molar-refractivity contribution in [3.05, 3.63) is 0 Å². The minimum Gasteiger partial charge on any atom is -0.480 e. The number of carboxylic acids is 1. The molecule has 0 bridgehead atoms. The van der Waals surface area contributed by atoms with E-state index in [0.717, 1.165) is 0 Å². The molecule has 1 atom stereocenters. The normalized spacial score (nSPS) is 23.8. The van der Waals surface area contributed by atoms with Crippen molar-refractivity contribution in [3.63, 3.8) is 0 Å². The summed E-state index contributed by atoms with van der Waals surface area (Å²) in [7, 11) is -1.81. The summed E-state index contributed by atoms with van der Waals surface area (Å²) < 4.78 is 1.61. The Balaban J connectivity index is 2.90. The van der Waals surface area contributed by atoms with Crippen molar-refractivity contribution in [2.24, 2.45) is 0 Å². The molecule has 1 heterocycles. The zero-order valence-corrected chi connectivity index (χ0v) is 9.20. The zero-order chi connectivity index (χ0) is 10.2. The predicted molar refractivity (Wildman–Crippen MR) is 50.8 cm³/mol. The Kier molecular flexibility index (Phi) is 2.47. The minimum atomic E-state index is -1.81. The van der Waals surface area contributed by atoms with Gasteiger partial charge in [-0.3, -0.25) is 9.59 Å². The number of amides is 1. The Morgan fingerprint density at radius 1 is 1.54 bits per heavy atom. The number of carbonyl (C=O) groups is 2. The predicted octanol–water partition coefficient (Wildman–Crippen LogP) is 0.897. The molecule has 0 aromatic rings.